The second-order valence-electron chi connectivity index (χ2n) is 13.2. The van der Waals surface area contributed by atoms with Gasteiger partial charge in [-0.15, -0.1) is 10.2 Å². The molecule has 0 aliphatic carbocycles. The zero-order chi connectivity index (χ0) is 37.0. The highest BCUT2D eigenvalue weighted by Gasteiger charge is 2.50. The molecule has 2 fully saturated rings. The van der Waals surface area contributed by atoms with Crippen molar-refractivity contribution in [2.75, 3.05) is 50.7 Å². The fraction of sp³-hybridized carbons (Fsp3) is 0.559. The lowest BCUT2D eigenvalue weighted by Gasteiger charge is -2.53. The van der Waals surface area contributed by atoms with Crippen molar-refractivity contribution in [2.24, 2.45) is 17.1 Å². The Balaban J connectivity index is 0.000000753. The molecule has 5 N–H and O–H groups in total. The molecule has 16 heteroatoms. The molecule has 1 spiro atoms. The molecular weight excluding hydrogens is 651 g/mol. The molecule has 2 amide bonds. The molecule has 0 radical (unpaired) electrons. The fourth-order valence-corrected chi connectivity index (χ4v) is 6.39. The number of amides is 2. The summed E-state index contributed by atoms with van der Waals surface area (Å²) in [6, 6.07) is 4.34. The topological polar surface area (TPSA) is 204 Å². The Bertz CT molecular complexity index is 1500. The van der Waals surface area contributed by atoms with Crippen LogP contribution < -0.4 is 20.7 Å². The monoisotopic (exact) mass is 700 g/mol. The van der Waals surface area contributed by atoms with Crippen molar-refractivity contribution >= 4 is 29.6 Å². The molecular formula is C34H49FN8O7. The summed E-state index contributed by atoms with van der Waals surface area (Å²) in [6.07, 6.45) is 4.90. The average molecular weight is 701 g/mol. The molecule has 1 atom stereocenters. The number of ether oxygens (including phenoxy) is 1. The molecule has 4 rings (SSSR count). The van der Waals surface area contributed by atoms with Crippen LogP contribution in [0.2, 0.25) is 0 Å². The van der Waals surface area contributed by atoms with E-state index >= 15 is 0 Å². The van der Waals surface area contributed by atoms with E-state index in [1.807, 2.05) is 20.8 Å². The largest absolute Gasteiger partial charge is 0.478 e. The van der Waals surface area contributed by atoms with E-state index in [2.05, 4.69) is 44.1 Å². The zero-order valence-electron chi connectivity index (χ0n) is 29.3. The Hall–Kier alpha value is -4.70. The number of nitrogens with zero attached hydrogens (tertiary/aromatic N) is 6. The van der Waals surface area contributed by atoms with Gasteiger partial charge in [0.05, 0.1) is 5.56 Å². The summed E-state index contributed by atoms with van der Waals surface area (Å²) < 4.78 is 20.4. The van der Waals surface area contributed by atoms with Crippen LogP contribution in [0.25, 0.3) is 0 Å². The number of halogens is 1. The third-order valence-electron chi connectivity index (χ3n) is 8.76. The first-order valence-corrected chi connectivity index (χ1v) is 16.7. The number of benzene rings is 1. The van der Waals surface area contributed by atoms with Crippen molar-refractivity contribution in [3.63, 3.8) is 0 Å². The molecule has 2 aliphatic rings. The van der Waals surface area contributed by atoms with E-state index in [0.29, 0.717) is 49.4 Å². The van der Waals surface area contributed by atoms with E-state index in [1.54, 1.807) is 4.90 Å². The number of carbonyl (C=O) groups excluding carboxylic acids is 2. The molecule has 2 saturated heterocycles. The van der Waals surface area contributed by atoms with Gasteiger partial charge in [0, 0.05) is 75.3 Å². The summed E-state index contributed by atoms with van der Waals surface area (Å²) in [5.74, 6) is -2.13. The predicted molar refractivity (Wildman–Crippen MR) is 183 cm³/mol. The maximum atomic E-state index is 14.2. The fourth-order valence-electron chi connectivity index (χ4n) is 6.39. The highest BCUT2D eigenvalue weighted by Crippen LogP contribution is 2.44. The van der Waals surface area contributed by atoms with E-state index in [4.69, 9.17) is 20.7 Å². The maximum Gasteiger partial charge on any atom is 0.328 e. The minimum absolute atomic E-state index is 0.0522. The summed E-state index contributed by atoms with van der Waals surface area (Å²) in [6.45, 7) is 15.8. The number of nitrogens with two attached hydrogens (primary N) is 1. The third-order valence-corrected chi connectivity index (χ3v) is 8.76. The Kier molecular flexibility index (Phi) is 14.6. The molecule has 50 heavy (non-hydrogen) atoms. The first-order valence-electron chi connectivity index (χ1n) is 16.7. The van der Waals surface area contributed by atoms with Crippen LogP contribution in [0, 0.1) is 17.2 Å². The summed E-state index contributed by atoms with van der Waals surface area (Å²) >= 11 is 0. The van der Waals surface area contributed by atoms with Crippen molar-refractivity contribution in [3.05, 3.63) is 48.1 Å². The van der Waals surface area contributed by atoms with Crippen LogP contribution in [-0.4, -0.2) is 117 Å². The van der Waals surface area contributed by atoms with Gasteiger partial charge in [-0.2, -0.15) is 0 Å². The van der Waals surface area contributed by atoms with E-state index in [-0.39, 0.29) is 40.5 Å². The summed E-state index contributed by atoms with van der Waals surface area (Å²) in [5.41, 5.74) is 5.53. The van der Waals surface area contributed by atoms with Crippen molar-refractivity contribution < 1.29 is 38.5 Å². The number of carbonyl (C=O) groups is 4. The van der Waals surface area contributed by atoms with Gasteiger partial charge >= 0.3 is 11.9 Å². The Morgan fingerprint density at radius 2 is 1.78 bits per heavy atom. The van der Waals surface area contributed by atoms with Gasteiger partial charge in [0.2, 0.25) is 5.91 Å². The third kappa shape index (κ3) is 11.2. The van der Waals surface area contributed by atoms with Crippen LogP contribution >= 0.6 is 0 Å². The molecule has 1 aromatic heterocycles. The number of aliphatic carboxylic acids is 2. The normalized spacial score (nSPS) is 15.9. The van der Waals surface area contributed by atoms with Crippen LogP contribution in [0.3, 0.4) is 0 Å². The van der Waals surface area contributed by atoms with Gasteiger partial charge in [0.15, 0.2) is 5.82 Å². The van der Waals surface area contributed by atoms with Gasteiger partial charge < -0.3 is 35.8 Å². The maximum absolute atomic E-state index is 14.2. The molecule has 0 bridgehead atoms. The summed E-state index contributed by atoms with van der Waals surface area (Å²) in [4.78, 5) is 54.3. The second-order valence-corrected chi connectivity index (χ2v) is 13.2. The van der Waals surface area contributed by atoms with Crippen LogP contribution in [0.5, 0.6) is 11.6 Å². The first kappa shape index (κ1) is 39.7. The number of carboxylic acid groups (broad SMARTS) is 2. The van der Waals surface area contributed by atoms with Crippen molar-refractivity contribution in [2.45, 2.75) is 66.0 Å². The minimum Gasteiger partial charge on any atom is -0.478 e. The number of aromatic nitrogens is 3. The highest BCUT2D eigenvalue weighted by molar-refractivity contribution is 5.97. The number of nitrogens with one attached hydrogen (secondary N) is 1. The SMILES string of the molecule is CCN(C(=O)c1cc(F)ccc1Oc1nncnc1N1CCC2(C1)CN(C(CCNCCC(N)=O)C(C)C)C2)C(C)C.O=C(O)/C=C/C(=O)O. The molecule has 3 heterocycles. The molecule has 0 saturated carbocycles. The number of carboxylic acids is 2. The zero-order valence-corrected chi connectivity index (χ0v) is 29.3. The highest BCUT2D eigenvalue weighted by atomic mass is 19.1. The van der Waals surface area contributed by atoms with E-state index < -0.39 is 17.8 Å². The Morgan fingerprint density at radius 1 is 1.10 bits per heavy atom. The number of anilines is 1. The van der Waals surface area contributed by atoms with Crippen molar-refractivity contribution in [1.29, 1.82) is 0 Å². The number of rotatable bonds is 16. The second kappa shape index (κ2) is 18.3. The lowest BCUT2D eigenvalue weighted by molar-refractivity contribution is -0.134. The molecule has 274 valence electrons. The molecule has 15 nitrogen and oxygen atoms in total. The van der Waals surface area contributed by atoms with Crippen LogP contribution in [0.4, 0.5) is 10.2 Å². The summed E-state index contributed by atoms with van der Waals surface area (Å²) in [5, 5.41) is 27.1. The van der Waals surface area contributed by atoms with E-state index in [1.165, 1.54) is 24.5 Å². The van der Waals surface area contributed by atoms with Crippen molar-refractivity contribution in [1.82, 2.24) is 30.3 Å². The molecule has 2 aromatic rings. The number of hydrogen-bond donors (Lipinski definition) is 4. The van der Waals surface area contributed by atoms with Gasteiger partial charge in [0.1, 0.15) is 17.9 Å². The molecule has 2 aliphatic heterocycles. The molecule has 1 aromatic carbocycles. The standard InChI is InChI=1S/C30H45FN8O3.C4H4O4/c1-6-39(21(4)5)29(41)23-15-22(31)7-8-25(23)42-28-27(34-19-35-36-28)37-14-11-30(16-37)17-38(18-30)24(20(2)3)9-12-33-13-10-26(32)40;5-3(6)1-2-4(7)8/h7-8,15,19-21,24,33H,6,9-14,16-18H2,1-5H3,(H2,32,40);1-2H,(H,5,6)(H,7,8)/b;2-1+. The quantitative estimate of drug-likeness (QED) is 0.147. The lowest BCUT2D eigenvalue weighted by Crippen LogP contribution is -2.62. The minimum atomic E-state index is -1.26. The average Bonchev–Trinajstić information content (AvgIpc) is 3.48. The summed E-state index contributed by atoms with van der Waals surface area (Å²) in [7, 11) is 0. The number of primary amides is 1. The van der Waals surface area contributed by atoms with E-state index in [0.717, 1.165) is 45.6 Å². The van der Waals surface area contributed by atoms with Crippen LogP contribution in [-0.2, 0) is 14.4 Å². The first-order chi connectivity index (χ1) is 23.7. The van der Waals surface area contributed by atoms with Gasteiger partial charge in [-0.3, -0.25) is 14.5 Å². The Morgan fingerprint density at radius 3 is 2.36 bits per heavy atom. The number of likely N-dealkylation sites (tertiary alicyclic amines) is 1. The number of hydrogen-bond acceptors (Lipinski definition) is 11. The van der Waals surface area contributed by atoms with Crippen LogP contribution in [0.15, 0.2) is 36.7 Å². The lowest BCUT2D eigenvalue weighted by atomic mass is 9.76. The van der Waals surface area contributed by atoms with Gasteiger partial charge in [-0.1, -0.05) is 13.8 Å². The predicted octanol–water partition coefficient (Wildman–Crippen LogP) is 2.78. The Labute approximate surface area is 291 Å². The van der Waals surface area contributed by atoms with Crippen LogP contribution in [0.1, 0.15) is 64.2 Å². The van der Waals surface area contributed by atoms with Gasteiger partial charge in [0.25, 0.3) is 11.8 Å². The molecule has 1 unspecified atom stereocenters. The van der Waals surface area contributed by atoms with Gasteiger partial charge in [-0.25, -0.2) is 19.0 Å². The van der Waals surface area contributed by atoms with Gasteiger partial charge in [-0.05, 0) is 64.3 Å². The smallest absolute Gasteiger partial charge is 0.328 e. The van der Waals surface area contributed by atoms with Crippen molar-refractivity contribution in [3.8, 4) is 11.6 Å². The van der Waals surface area contributed by atoms with E-state index in [9.17, 15) is 23.6 Å².